The molecule has 4 aromatic rings. The summed E-state index contributed by atoms with van der Waals surface area (Å²) < 4.78 is 73.8. The number of amides is 1. The van der Waals surface area contributed by atoms with Gasteiger partial charge in [0.1, 0.15) is 55.0 Å². The van der Waals surface area contributed by atoms with Gasteiger partial charge in [0.05, 0.1) is 40.3 Å². The first-order valence-corrected chi connectivity index (χ1v) is 26.6. The van der Waals surface area contributed by atoms with E-state index in [0.717, 1.165) is 32.2 Å². The third-order valence-electron chi connectivity index (χ3n) is 15.6. The van der Waals surface area contributed by atoms with E-state index in [2.05, 4.69) is 69.7 Å². The van der Waals surface area contributed by atoms with Gasteiger partial charge in [-0.1, -0.05) is 60.5 Å². The van der Waals surface area contributed by atoms with Crippen LogP contribution in [0, 0.1) is 23.1 Å². The Morgan fingerprint density at radius 2 is 1.72 bits per heavy atom. The van der Waals surface area contributed by atoms with Crippen molar-refractivity contribution in [2.75, 3.05) is 45.0 Å². The predicted molar refractivity (Wildman–Crippen MR) is 258 cm³/mol. The van der Waals surface area contributed by atoms with Crippen LogP contribution in [-0.2, 0) is 9.47 Å². The molecule has 1 amide bonds. The zero-order chi connectivity index (χ0) is 47.9. The molecule has 4 saturated heterocycles. The molecule has 9 rings (SSSR count). The van der Waals surface area contributed by atoms with Gasteiger partial charge >= 0.3 is 12.1 Å². The van der Waals surface area contributed by atoms with Gasteiger partial charge in [0.15, 0.2) is 12.6 Å². The maximum absolute atomic E-state index is 18.3. The molecule has 0 N–H and O–H groups in total. The topological polar surface area (TPSA) is 102 Å². The lowest BCUT2D eigenvalue weighted by Crippen LogP contribution is -2.62. The van der Waals surface area contributed by atoms with E-state index in [1.54, 1.807) is 18.2 Å². The number of carbonyl (C=O) groups is 1. The maximum atomic E-state index is 18.3. The van der Waals surface area contributed by atoms with Crippen LogP contribution < -0.4 is 14.4 Å². The van der Waals surface area contributed by atoms with E-state index < -0.39 is 37.0 Å². The first-order valence-electron chi connectivity index (χ1n) is 24.4. The van der Waals surface area contributed by atoms with Gasteiger partial charge in [-0.2, -0.15) is 9.97 Å². The van der Waals surface area contributed by atoms with E-state index >= 15 is 8.78 Å². The van der Waals surface area contributed by atoms with Gasteiger partial charge in [-0.05, 0) is 99.6 Å². The molecule has 0 radical (unpaired) electrons. The smallest absolute Gasteiger partial charge is 0.410 e. The van der Waals surface area contributed by atoms with Crippen LogP contribution >= 0.6 is 0 Å². The number of carbonyl (C=O) groups excluding carboxylic acids is 1. The van der Waals surface area contributed by atoms with Gasteiger partial charge < -0.3 is 23.8 Å². The first kappa shape index (κ1) is 47.4. The second kappa shape index (κ2) is 17.7. The lowest BCUT2D eigenvalue weighted by molar-refractivity contribution is 0.00691. The number of anilines is 1. The summed E-state index contributed by atoms with van der Waals surface area (Å²) in [4.78, 5) is 35.5. The average molecular weight is 941 g/mol. The van der Waals surface area contributed by atoms with E-state index in [1.807, 2.05) is 25.7 Å². The molecule has 6 atom stereocenters. The van der Waals surface area contributed by atoms with Crippen molar-refractivity contribution >= 4 is 41.7 Å². The number of fused-ring (bicyclic) bond motifs is 7. The number of aromatic nitrogens is 3. The van der Waals surface area contributed by atoms with Crippen LogP contribution in [0.2, 0.25) is 16.6 Å². The van der Waals surface area contributed by atoms with E-state index in [-0.39, 0.29) is 66.3 Å². The summed E-state index contributed by atoms with van der Waals surface area (Å²) in [6.07, 6.45) is 2.88. The molecule has 11 nitrogen and oxygen atoms in total. The molecule has 0 aliphatic carbocycles. The van der Waals surface area contributed by atoms with Crippen molar-refractivity contribution in [3.8, 4) is 34.5 Å². The summed E-state index contributed by atoms with van der Waals surface area (Å²) in [5.41, 5.74) is 4.49. The summed E-state index contributed by atoms with van der Waals surface area (Å²) in [6.45, 7) is 22.6. The molecule has 67 heavy (non-hydrogen) atoms. The molecule has 0 saturated carbocycles. The maximum Gasteiger partial charge on any atom is 0.410 e. The minimum atomic E-state index is -2.35. The van der Waals surface area contributed by atoms with Crippen LogP contribution in [0.5, 0.6) is 11.8 Å². The number of nitrogens with zero attached hydrogens (tertiary/aromatic N) is 6. The summed E-state index contributed by atoms with van der Waals surface area (Å²) in [5, 5.41) is 1.50. The Morgan fingerprint density at radius 3 is 2.42 bits per heavy atom. The molecular formula is C52H67F3N6O5Si. The standard InChI is InChI=1S/C52H67F3N6O5Si/c1-29(2)67(30(3)4,31(5)6)20-17-37-39(54)15-13-33-22-36(65-28-63-11)23-38(42(33)37)46-44(55)47-43-45(56-46)32(7)21-41-40-16-14-35(61(40)50(62)66-51(8,9)10)26-60(41)48(43)58-49(57-47)64-27-52-18-12-19-59(52)25-34(53)24-52/h13,15,22-23,29-32,34-35,40-41H,12,14,16,18-19,21,24-28H2,1-11H3/t32-,34-,35-,40+,41-,52+/m1/s1. The van der Waals surface area contributed by atoms with Gasteiger partial charge in [-0.15, -0.1) is 5.54 Å². The molecule has 0 spiro atoms. The summed E-state index contributed by atoms with van der Waals surface area (Å²) in [7, 11) is -0.831. The minimum Gasteiger partial charge on any atom is -0.468 e. The number of rotatable bonds is 10. The fourth-order valence-electron chi connectivity index (χ4n) is 12.8. The monoisotopic (exact) mass is 940 g/mol. The quantitative estimate of drug-likeness (QED) is 0.0867. The van der Waals surface area contributed by atoms with Crippen molar-refractivity contribution in [3.05, 3.63) is 47.2 Å². The van der Waals surface area contributed by atoms with Crippen LogP contribution in [0.1, 0.15) is 125 Å². The van der Waals surface area contributed by atoms with Crippen LogP contribution in [0.4, 0.5) is 23.8 Å². The third-order valence-corrected chi connectivity index (χ3v) is 21.9. The molecule has 7 heterocycles. The highest BCUT2D eigenvalue weighted by Gasteiger charge is 2.53. The highest BCUT2D eigenvalue weighted by molar-refractivity contribution is 6.90. The van der Waals surface area contributed by atoms with Crippen LogP contribution in [0.3, 0.4) is 0 Å². The summed E-state index contributed by atoms with van der Waals surface area (Å²) >= 11 is 0. The number of methoxy groups -OCH3 is 1. The van der Waals surface area contributed by atoms with Crippen molar-refractivity contribution in [2.45, 2.75) is 166 Å². The number of halogens is 3. The van der Waals surface area contributed by atoms with Crippen LogP contribution in [-0.4, -0.2) is 114 Å². The summed E-state index contributed by atoms with van der Waals surface area (Å²) in [6, 6.07) is 5.98. The second-order valence-electron chi connectivity index (χ2n) is 21.8. The fourth-order valence-corrected chi connectivity index (χ4v) is 18.0. The lowest BCUT2D eigenvalue weighted by atomic mass is 9.91. The van der Waals surface area contributed by atoms with Gasteiger partial charge in [0, 0.05) is 43.5 Å². The Kier molecular flexibility index (Phi) is 12.5. The summed E-state index contributed by atoms with van der Waals surface area (Å²) in [5.74, 6) is 2.77. The van der Waals surface area contributed by atoms with Crippen molar-refractivity contribution in [2.24, 2.45) is 0 Å². The molecule has 0 unspecified atom stereocenters. The highest BCUT2D eigenvalue weighted by Crippen LogP contribution is 2.49. The Morgan fingerprint density at radius 1 is 0.970 bits per heavy atom. The largest absolute Gasteiger partial charge is 0.468 e. The Balaban J connectivity index is 1.27. The minimum absolute atomic E-state index is 0.0137. The average Bonchev–Trinajstić information content (AvgIpc) is 3.88. The number of hydrogen-bond donors (Lipinski definition) is 0. The Labute approximate surface area is 394 Å². The van der Waals surface area contributed by atoms with E-state index in [4.69, 9.17) is 33.9 Å². The molecule has 2 aromatic heterocycles. The van der Waals surface area contributed by atoms with Gasteiger partial charge in [0.25, 0.3) is 0 Å². The zero-order valence-electron chi connectivity index (χ0n) is 41.1. The predicted octanol–water partition coefficient (Wildman–Crippen LogP) is 11.1. The number of benzene rings is 2. The first-order chi connectivity index (χ1) is 31.8. The van der Waals surface area contributed by atoms with Crippen molar-refractivity contribution in [1.29, 1.82) is 0 Å². The Bertz CT molecular complexity index is 2630. The number of ether oxygens (including phenoxy) is 4. The van der Waals surface area contributed by atoms with Gasteiger partial charge in [-0.3, -0.25) is 9.80 Å². The van der Waals surface area contributed by atoms with Crippen LogP contribution in [0.15, 0.2) is 24.3 Å². The number of alkyl halides is 1. The number of pyridine rings is 1. The van der Waals surface area contributed by atoms with Crippen molar-refractivity contribution in [3.63, 3.8) is 0 Å². The normalized spacial score (nSPS) is 24.9. The molecule has 4 fully saturated rings. The zero-order valence-corrected chi connectivity index (χ0v) is 42.1. The van der Waals surface area contributed by atoms with Crippen LogP contribution in [0.25, 0.3) is 32.9 Å². The van der Waals surface area contributed by atoms with Gasteiger partial charge in [0.2, 0.25) is 0 Å². The third kappa shape index (κ3) is 8.20. The SMILES string of the molecule is COCOc1cc(-c2nc3c4c(nc(OC[C@@]56CCCN5C[C@H](F)C6)nc4c2F)N2C[C@H]4CC[C@@H]([C@H]2C[C@H]3C)N4C(=O)OC(C)(C)C)c2c(C#C[Si](C(C)C)(C(C)C)C(C)C)c(F)ccc2c1. The number of hydrogen-bond acceptors (Lipinski definition) is 10. The van der Waals surface area contributed by atoms with E-state index in [9.17, 15) is 9.18 Å². The van der Waals surface area contributed by atoms with E-state index in [1.165, 1.54) is 13.2 Å². The molecule has 2 bridgehead atoms. The number of piperazine rings is 1. The highest BCUT2D eigenvalue weighted by atomic mass is 28.3. The second-order valence-corrected chi connectivity index (χ2v) is 27.4. The molecular weight excluding hydrogens is 874 g/mol. The molecule has 5 aliphatic heterocycles. The molecule has 15 heteroatoms. The van der Waals surface area contributed by atoms with Gasteiger partial charge in [-0.25, -0.2) is 22.9 Å². The lowest BCUT2D eigenvalue weighted by Gasteiger charge is -2.47. The van der Waals surface area contributed by atoms with E-state index in [0.29, 0.717) is 81.5 Å². The molecule has 2 aromatic carbocycles. The Hall–Kier alpha value is -4.65. The molecule has 360 valence electrons. The fraction of sp³-hybridized carbons (Fsp3) is 0.615. The molecule has 5 aliphatic rings. The van der Waals surface area contributed by atoms with Crippen molar-refractivity contribution < 1.29 is 36.9 Å². The van der Waals surface area contributed by atoms with Crippen molar-refractivity contribution in [1.82, 2.24) is 24.8 Å².